The Morgan fingerprint density at radius 3 is 1.33 bits per heavy atom. The van der Waals surface area contributed by atoms with Gasteiger partial charge in [0.2, 0.25) is 29.5 Å². The number of amides is 6. The Bertz CT molecular complexity index is 1690. The molecule has 4 rings (SSSR count). The Kier molecular flexibility index (Phi) is 24.3. The summed E-state index contributed by atoms with van der Waals surface area (Å²) in [4.78, 5) is 93.5. The first-order valence-corrected chi connectivity index (χ1v) is 24.6. The van der Waals surface area contributed by atoms with E-state index in [0.717, 1.165) is 44.1 Å². The van der Waals surface area contributed by atoms with E-state index in [4.69, 9.17) is 26.7 Å². The molecule has 0 aliphatic heterocycles. The zero-order chi connectivity index (χ0) is 47.7. The van der Waals surface area contributed by atoms with Crippen LogP contribution < -0.4 is 49.1 Å². The van der Waals surface area contributed by atoms with Crippen molar-refractivity contribution < 1.29 is 43.0 Å². The number of carbonyl (C=O) groups is 7. The topological polar surface area (TPSA) is 288 Å². The van der Waals surface area contributed by atoms with Crippen LogP contribution in [0, 0.1) is 17.8 Å². The van der Waals surface area contributed by atoms with Gasteiger partial charge in [0.25, 0.3) is 0 Å². The molecule has 1 aromatic carbocycles. The first-order chi connectivity index (χ1) is 31.9. The zero-order valence-electron chi connectivity index (χ0n) is 39.2. The molecule has 18 heteroatoms. The molecule has 0 bridgehead atoms. The van der Waals surface area contributed by atoms with Crippen molar-refractivity contribution in [3.63, 3.8) is 0 Å². The van der Waals surface area contributed by atoms with Crippen molar-refractivity contribution >= 4 is 41.6 Å². The van der Waals surface area contributed by atoms with E-state index in [2.05, 4.69) is 31.9 Å². The molecule has 0 radical (unpaired) electrons. The molecule has 9 atom stereocenters. The summed E-state index contributed by atoms with van der Waals surface area (Å²) < 4.78 is 10.4. The van der Waals surface area contributed by atoms with Gasteiger partial charge in [0.05, 0.1) is 24.9 Å². The minimum Gasteiger partial charge on any atom is -0.469 e. The maximum atomic E-state index is 14.0. The number of carbonyl (C=O) groups excluding carboxylic acids is 7. The first kappa shape index (κ1) is 53.8. The predicted molar refractivity (Wildman–Crippen MR) is 250 cm³/mol. The summed E-state index contributed by atoms with van der Waals surface area (Å²) in [5.41, 5.74) is 18.3. The molecule has 1 aromatic rings. The monoisotopic (exact) mass is 926 g/mol. The number of benzene rings is 1. The number of esters is 1. The van der Waals surface area contributed by atoms with Crippen LogP contribution in [0.2, 0.25) is 0 Å². The summed E-state index contributed by atoms with van der Waals surface area (Å²) in [6.07, 6.45) is 11.4. The molecule has 0 unspecified atom stereocenters. The predicted octanol–water partition coefficient (Wildman–Crippen LogP) is 2.84. The van der Waals surface area contributed by atoms with E-state index in [1.54, 1.807) is 0 Å². The second-order valence-electron chi connectivity index (χ2n) is 18.4. The molecule has 3 aliphatic carbocycles. The fourth-order valence-electron chi connectivity index (χ4n) is 9.76. The third kappa shape index (κ3) is 18.8. The van der Waals surface area contributed by atoms with Crippen molar-refractivity contribution in [3.8, 4) is 0 Å². The minimum atomic E-state index is -0.630. The van der Waals surface area contributed by atoms with Gasteiger partial charge >= 0.3 is 12.1 Å². The fraction of sp³-hybridized carbons (Fsp3) is 0.729. The molecule has 0 saturated heterocycles. The summed E-state index contributed by atoms with van der Waals surface area (Å²) in [5, 5.41) is 18.2. The highest BCUT2D eigenvalue weighted by molar-refractivity contribution is 5.85. The minimum absolute atomic E-state index is 0.00622. The van der Waals surface area contributed by atoms with Crippen molar-refractivity contribution in [2.75, 3.05) is 26.7 Å². The quantitative estimate of drug-likeness (QED) is 0.0607. The van der Waals surface area contributed by atoms with Gasteiger partial charge in [0.1, 0.15) is 6.61 Å². The Morgan fingerprint density at radius 1 is 0.545 bits per heavy atom. The average Bonchev–Trinajstić information content (AvgIpc) is 3.31. The molecule has 3 saturated carbocycles. The molecule has 370 valence electrons. The summed E-state index contributed by atoms with van der Waals surface area (Å²) in [7, 11) is 1.35. The molecule has 0 heterocycles. The number of nitrogens with one attached hydrogen (secondary N) is 6. The number of alkyl carbamates (subject to hydrolysis) is 1. The third-order valence-electron chi connectivity index (χ3n) is 13.3. The Morgan fingerprint density at radius 2 is 0.924 bits per heavy atom. The Hall–Kier alpha value is -4.81. The highest BCUT2D eigenvalue weighted by Gasteiger charge is 2.37. The molecule has 12 N–H and O–H groups in total. The van der Waals surface area contributed by atoms with Gasteiger partial charge in [-0.05, 0) is 102 Å². The first-order valence-electron chi connectivity index (χ1n) is 24.6. The number of rotatable bonds is 26. The lowest BCUT2D eigenvalue weighted by Gasteiger charge is -2.34. The van der Waals surface area contributed by atoms with Crippen LogP contribution >= 0.6 is 0 Å². The van der Waals surface area contributed by atoms with Crippen molar-refractivity contribution in [3.05, 3.63) is 35.9 Å². The van der Waals surface area contributed by atoms with E-state index >= 15 is 0 Å². The second kappa shape index (κ2) is 29.8. The van der Waals surface area contributed by atoms with Crippen LogP contribution in [0.1, 0.15) is 140 Å². The zero-order valence-corrected chi connectivity index (χ0v) is 39.2. The van der Waals surface area contributed by atoms with E-state index in [1.807, 2.05) is 30.3 Å². The molecular weight excluding hydrogens is 847 g/mol. The summed E-state index contributed by atoms with van der Waals surface area (Å²) in [6.45, 7) is 1.25. The smallest absolute Gasteiger partial charge is 0.407 e. The van der Waals surface area contributed by atoms with Crippen LogP contribution in [0.25, 0.3) is 0 Å². The summed E-state index contributed by atoms with van der Waals surface area (Å²) in [6, 6.07) is 6.59. The van der Waals surface area contributed by atoms with Crippen LogP contribution in [0.4, 0.5) is 4.79 Å². The van der Waals surface area contributed by atoms with E-state index < -0.39 is 54.1 Å². The van der Waals surface area contributed by atoms with E-state index in [1.165, 1.54) is 7.11 Å². The van der Waals surface area contributed by atoms with Crippen LogP contribution in [-0.4, -0.2) is 105 Å². The molecule has 3 fully saturated rings. The van der Waals surface area contributed by atoms with Crippen LogP contribution in [0.3, 0.4) is 0 Å². The summed E-state index contributed by atoms with van der Waals surface area (Å²) in [5.74, 6) is -3.08. The van der Waals surface area contributed by atoms with Crippen LogP contribution in [0.5, 0.6) is 0 Å². The SMILES string of the molecule is COC(=O)[C@@H]1CCCC[C@H]1NC(=O)C[C@@H](CCCN)NC(=O)[C@@H]1CCCC[C@H]1NC(=O)C[C@@H](CCCN)NC(=O)[C@@H]1CCCC[C@H]1NC(=O)C[C@@H](CCCN)NC(=O)OCc1ccccc1. The van der Waals surface area contributed by atoms with Gasteiger partial charge in [-0.2, -0.15) is 0 Å². The fourth-order valence-corrected chi connectivity index (χ4v) is 9.76. The number of ether oxygens (including phenoxy) is 2. The standard InChI is InChI=1S/C48H79N9O9/c1-65-47(63)38-21-7-10-24-41(38)57-43(59)29-34(17-12-26-50)53-45(61)36-19-5-8-22-39(36)55-42(58)28-33(16-11-25-49)52-46(62)37-20-6-9-23-40(37)56-44(60)30-35(18-13-27-51)54-48(64)66-31-32-14-3-2-4-15-32/h2-4,14-15,33-41H,5-13,16-31,49-51H2,1H3,(H,52,62)(H,53,61)(H,54,64)(H,55,58)(H,56,60)(H,57,59)/t33-,34-,35-,36-,37-,38-,39-,40-,41-/m1/s1. The van der Waals surface area contributed by atoms with Crippen LogP contribution in [-0.2, 0) is 44.8 Å². The number of methoxy groups -OCH3 is 1. The molecule has 3 aliphatic rings. The van der Waals surface area contributed by atoms with Crippen molar-refractivity contribution in [2.24, 2.45) is 35.0 Å². The number of hydrogen-bond donors (Lipinski definition) is 9. The van der Waals surface area contributed by atoms with Gasteiger partial charge in [0, 0.05) is 55.5 Å². The van der Waals surface area contributed by atoms with Gasteiger partial charge in [0.15, 0.2) is 0 Å². The van der Waals surface area contributed by atoms with Gasteiger partial charge in [-0.1, -0.05) is 68.9 Å². The highest BCUT2D eigenvalue weighted by Crippen LogP contribution is 2.28. The highest BCUT2D eigenvalue weighted by atomic mass is 16.5. The second-order valence-corrected chi connectivity index (χ2v) is 18.4. The lowest BCUT2D eigenvalue weighted by Crippen LogP contribution is -2.53. The molecule has 0 spiro atoms. The molecule has 0 aromatic heterocycles. The maximum absolute atomic E-state index is 14.0. The Balaban J connectivity index is 1.32. The largest absolute Gasteiger partial charge is 0.469 e. The molecular formula is C48H79N9O9. The summed E-state index contributed by atoms with van der Waals surface area (Å²) >= 11 is 0. The number of nitrogens with two attached hydrogens (primary N) is 3. The molecule has 66 heavy (non-hydrogen) atoms. The average molecular weight is 926 g/mol. The van der Waals surface area contributed by atoms with Crippen molar-refractivity contribution in [1.29, 1.82) is 0 Å². The van der Waals surface area contributed by atoms with E-state index in [9.17, 15) is 33.6 Å². The molecule has 6 amide bonds. The van der Waals surface area contributed by atoms with E-state index in [-0.39, 0.29) is 67.4 Å². The van der Waals surface area contributed by atoms with Gasteiger partial charge < -0.3 is 58.6 Å². The van der Waals surface area contributed by atoms with Gasteiger partial charge in [-0.15, -0.1) is 0 Å². The number of hydrogen-bond acceptors (Lipinski definition) is 12. The Labute approximate surface area is 390 Å². The lowest BCUT2D eigenvalue weighted by molar-refractivity contribution is -0.148. The van der Waals surface area contributed by atoms with Crippen molar-refractivity contribution in [2.45, 2.75) is 178 Å². The van der Waals surface area contributed by atoms with E-state index in [0.29, 0.717) is 96.7 Å². The normalized spacial score (nSPS) is 23.2. The van der Waals surface area contributed by atoms with Gasteiger partial charge in [-0.3, -0.25) is 28.8 Å². The van der Waals surface area contributed by atoms with Gasteiger partial charge in [-0.25, -0.2) is 4.79 Å². The van der Waals surface area contributed by atoms with Crippen LogP contribution in [0.15, 0.2) is 30.3 Å². The van der Waals surface area contributed by atoms with Crippen molar-refractivity contribution in [1.82, 2.24) is 31.9 Å². The lowest BCUT2D eigenvalue weighted by atomic mass is 9.83. The molecule has 18 nitrogen and oxygen atoms in total. The maximum Gasteiger partial charge on any atom is 0.407 e. The third-order valence-corrected chi connectivity index (χ3v) is 13.3.